The zero-order chi connectivity index (χ0) is 16.2. The van der Waals surface area contributed by atoms with E-state index in [0.29, 0.717) is 23.7 Å². The Hall–Kier alpha value is -2.20. The molecular formula is C18H18ClNO3. The first-order chi connectivity index (χ1) is 11.1. The summed E-state index contributed by atoms with van der Waals surface area (Å²) in [5.74, 6) is 0.856. The lowest BCUT2D eigenvalue weighted by Gasteiger charge is -2.32. The Morgan fingerprint density at radius 3 is 2.48 bits per heavy atom. The number of aromatic hydroxyl groups is 1. The van der Waals surface area contributed by atoms with Gasteiger partial charge in [0.25, 0.3) is 5.91 Å². The van der Waals surface area contributed by atoms with Crippen LogP contribution in [0.25, 0.3) is 0 Å². The smallest absolute Gasteiger partial charge is 0.253 e. The van der Waals surface area contributed by atoms with Crippen LogP contribution in [0.4, 0.5) is 0 Å². The number of benzene rings is 2. The number of ether oxygens (including phenoxy) is 1. The van der Waals surface area contributed by atoms with Crippen LogP contribution in [0.15, 0.2) is 48.5 Å². The van der Waals surface area contributed by atoms with Crippen LogP contribution in [0.2, 0.25) is 5.02 Å². The molecule has 1 aliphatic heterocycles. The fourth-order valence-corrected chi connectivity index (χ4v) is 2.83. The average Bonchev–Trinajstić information content (AvgIpc) is 2.57. The molecule has 1 saturated heterocycles. The molecule has 1 N–H and O–H groups in total. The first-order valence-corrected chi connectivity index (χ1v) is 8.00. The number of amides is 1. The minimum Gasteiger partial charge on any atom is -0.508 e. The summed E-state index contributed by atoms with van der Waals surface area (Å²) in [6.45, 7) is 1.29. The van der Waals surface area contributed by atoms with Crippen LogP contribution in [0, 0.1) is 0 Å². The summed E-state index contributed by atoms with van der Waals surface area (Å²) in [4.78, 5) is 14.2. The Bertz CT molecular complexity index is 679. The van der Waals surface area contributed by atoms with Crippen molar-refractivity contribution in [3.05, 3.63) is 59.1 Å². The zero-order valence-corrected chi connectivity index (χ0v) is 13.4. The van der Waals surface area contributed by atoms with E-state index in [1.54, 1.807) is 35.2 Å². The third-order valence-electron chi connectivity index (χ3n) is 3.94. The quantitative estimate of drug-likeness (QED) is 0.932. The summed E-state index contributed by atoms with van der Waals surface area (Å²) >= 11 is 5.86. The maximum absolute atomic E-state index is 12.4. The molecule has 0 aromatic heterocycles. The molecule has 4 nitrogen and oxygen atoms in total. The highest BCUT2D eigenvalue weighted by Gasteiger charge is 2.24. The first-order valence-electron chi connectivity index (χ1n) is 7.62. The lowest BCUT2D eigenvalue weighted by atomic mass is 10.1. The number of likely N-dealkylation sites (tertiary alicyclic amines) is 1. The second-order valence-electron chi connectivity index (χ2n) is 5.61. The summed E-state index contributed by atoms with van der Waals surface area (Å²) in [5.41, 5.74) is 0.516. The van der Waals surface area contributed by atoms with Gasteiger partial charge in [-0.1, -0.05) is 17.7 Å². The van der Waals surface area contributed by atoms with Crippen LogP contribution in [0.1, 0.15) is 23.2 Å². The number of piperidine rings is 1. The lowest BCUT2D eigenvalue weighted by Crippen LogP contribution is -2.41. The van der Waals surface area contributed by atoms with E-state index in [1.807, 2.05) is 12.1 Å². The maximum atomic E-state index is 12.4. The van der Waals surface area contributed by atoms with Crippen molar-refractivity contribution in [1.29, 1.82) is 0 Å². The Labute approximate surface area is 140 Å². The molecule has 0 saturated carbocycles. The van der Waals surface area contributed by atoms with E-state index in [0.717, 1.165) is 18.6 Å². The van der Waals surface area contributed by atoms with Gasteiger partial charge >= 0.3 is 0 Å². The summed E-state index contributed by atoms with van der Waals surface area (Å²) in [6.07, 6.45) is 1.67. The number of hydrogen-bond acceptors (Lipinski definition) is 3. The molecule has 1 fully saturated rings. The molecule has 120 valence electrons. The van der Waals surface area contributed by atoms with E-state index in [2.05, 4.69) is 0 Å². The first kappa shape index (κ1) is 15.7. The van der Waals surface area contributed by atoms with E-state index in [-0.39, 0.29) is 17.8 Å². The van der Waals surface area contributed by atoms with Gasteiger partial charge < -0.3 is 14.7 Å². The highest BCUT2D eigenvalue weighted by atomic mass is 35.5. The molecule has 5 heteroatoms. The zero-order valence-electron chi connectivity index (χ0n) is 12.6. The molecule has 0 atom stereocenters. The number of hydrogen-bond donors (Lipinski definition) is 1. The normalized spacial score (nSPS) is 15.4. The van der Waals surface area contributed by atoms with E-state index < -0.39 is 0 Å². The van der Waals surface area contributed by atoms with E-state index in [1.165, 1.54) is 6.07 Å². The topological polar surface area (TPSA) is 49.8 Å². The fraction of sp³-hybridized carbons (Fsp3) is 0.278. The van der Waals surface area contributed by atoms with Crippen molar-refractivity contribution >= 4 is 17.5 Å². The molecule has 0 radical (unpaired) electrons. The molecule has 1 aliphatic rings. The number of phenolic OH excluding ortho intramolecular Hbond substituents is 1. The summed E-state index contributed by atoms with van der Waals surface area (Å²) < 4.78 is 5.93. The number of nitrogens with zero attached hydrogens (tertiary/aromatic N) is 1. The van der Waals surface area contributed by atoms with Gasteiger partial charge in [0, 0.05) is 36.5 Å². The Kier molecular flexibility index (Phi) is 4.72. The van der Waals surface area contributed by atoms with Gasteiger partial charge in [0.2, 0.25) is 0 Å². The van der Waals surface area contributed by atoms with Crippen molar-refractivity contribution in [3.63, 3.8) is 0 Å². The van der Waals surface area contributed by atoms with Gasteiger partial charge in [-0.05, 0) is 42.5 Å². The van der Waals surface area contributed by atoms with Gasteiger partial charge in [-0.15, -0.1) is 0 Å². The summed E-state index contributed by atoms with van der Waals surface area (Å²) in [6, 6.07) is 13.8. The van der Waals surface area contributed by atoms with Crippen LogP contribution in [-0.4, -0.2) is 35.1 Å². The molecule has 1 heterocycles. The van der Waals surface area contributed by atoms with Crippen LogP contribution in [0.5, 0.6) is 11.5 Å². The van der Waals surface area contributed by atoms with Crippen molar-refractivity contribution in [2.24, 2.45) is 0 Å². The molecule has 2 aromatic carbocycles. The molecule has 2 aromatic rings. The van der Waals surface area contributed by atoms with Crippen LogP contribution < -0.4 is 4.74 Å². The van der Waals surface area contributed by atoms with Gasteiger partial charge in [0.15, 0.2) is 0 Å². The van der Waals surface area contributed by atoms with Crippen LogP contribution in [0.3, 0.4) is 0 Å². The third kappa shape index (κ3) is 3.96. The highest BCUT2D eigenvalue weighted by Crippen LogP contribution is 2.22. The number of phenols is 1. The highest BCUT2D eigenvalue weighted by molar-refractivity contribution is 6.30. The average molecular weight is 332 g/mol. The number of carbonyl (C=O) groups is 1. The molecule has 0 bridgehead atoms. The fourth-order valence-electron chi connectivity index (χ4n) is 2.70. The maximum Gasteiger partial charge on any atom is 0.253 e. The number of rotatable bonds is 3. The second kappa shape index (κ2) is 6.92. The number of halogens is 1. The Balaban J connectivity index is 1.55. The van der Waals surface area contributed by atoms with Crippen molar-refractivity contribution in [1.82, 2.24) is 4.90 Å². The van der Waals surface area contributed by atoms with Crippen molar-refractivity contribution in [2.75, 3.05) is 13.1 Å². The lowest BCUT2D eigenvalue weighted by molar-refractivity contribution is 0.0595. The largest absolute Gasteiger partial charge is 0.508 e. The molecular weight excluding hydrogens is 314 g/mol. The molecule has 0 spiro atoms. The Morgan fingerprint density at radius 2 is 1.83 bits per heavy atom. The Morgan fingerprint density at radius 1 is 1.13 bits per heavy atom. The van der Waals surface area contributed by atoms with Gasteiger partial charge in [-0.25, -0.2) is 0 Å². The van der Waals surface area contributed by atoms with Crippen molar-refractivity contribution in [2.45, 2.75) is 18.9 Å². The molecule has 1 amide bonds. The standard InChI is InChI=1S/C18H18ClNO3/c19-14-4-6-16(7-5-14)23-17-8-10-20(11-9-17)18(22)13-2-1-3-15(21)12-13/h1-7,12,17,21H,8-11H2. The second-order valence-corrected chi connectivity index (χ2v) is 6.05. The van der Waals surface area contributed by atoms with Gasteiger partial charge in [-0.2, -0.15) is 0 Å². The van der Waals surface area contributed by atoms with Crippen LogP contribution >= 0.6 is 11.6 Å². The summed E-state index contributed by atoms with van der Waals surface area (Å²) in [7, 11) is 0. The SMILES string of the molecule is O=C(c1cccc(O)c1)N1CCC(Oc2ccc(Cl)cc2)CC1. The minimum atomic E-state index is -0.0501. The van der Waals surface area contributed by atoms with Gasteiger partial charge in [-0.3, -0.25) is 4.79 Å². The minimum absolute atomic E-state index is 0.0501. The van der Waals surface area contributed by atoms with Crippen molar-refractivity contribution in [3.8, 4) is 11.5 Å². The molecule has 3 rings (SSSR count). The molecule has 0 unspecified atom stereocenters. The van der Waals surface area contributed by atoms with E-state index >= 15 is 0 Å². The third-order valence-corrected chi connectivity index (χ3v) is 4.19. The van der Waals surface area contributed by atoms with Gasteiger partial charge in [0.1, 0.15) is 17.6 Å². The predicted molar refractivity (Wildman–Crippen MR) is 89.1 cm³/mol. The van der Waals surface area contributed by atoms with Crippen LogP contribution in [-0.2, 0) is 0 Å². The molecule has 0 aliphatic carbocycles. The van der Waals surface area contributed by atoms with E-state index in [4.69, 9.17) is 16.3 Å². The summed E-state index contributed by atoms with van der Waals surface area (Å²) in [5, 5.41) is 10.2. The van der Waals surface area contributed by atoms with Gasteiger partial charge in [0.05, 0.1) is 0 Å². The molecule has 23 heavy (non-hydrogen) atoms. The predicted octanol–water partition coefficient (Wildman–Crippen LogP) is 3.73. The number of carbonyl (C=O) groups excluding carboxylic acids is 1. The van der Waals surface area contributed by atoms with E-state index in [9.17, 15) is 9.90 Å². The monoisotopic (exact) mass is 331 g/mol. The van der Waals surface area contributed by atoms with Crippen molar-refractivity contribution < 1.29 is 14.6 Å².